The van der Waals surface area contributed by atoms with Crippen LogP contribution in [0.3, 0.4) is 0 Å². The average Bonchev–Trinajstić information content (AvgIpc) is 2.63. The van der Waals surface area contributed by atoms with Crippen LogP contribution in [0.2, 0.25) is 0 Å². The normalized spacial score (nSPS) is 21.2. The van der Waals surface area contributed by atoms with E-state index in [1.54, 1.807) is 14.0 Å². The molecule has 0 spiro atoms. The van der Waals surface area contributed by atoms with E-state index < -0.39 is 11.9 Å². The fourth-order valence-electron chi connectivity index (χ4n) is 3.44. The Morgan fingerprint density at radius 1 is 1.36 bits per heavy atom. The molecule has 5 nitrogen and oxygen atoms in total. The molecule has 0 N–H and O–H groups in total. The maximum Gasteiger partial charge on any atom is 0.323 e. The molecular formula is C20H25NO4. The highest BCUT2D eigenvalue weighted by molar-refractivity contribution is 5.83. The number of benzene rings is 1. The molecule has 1 aliphatic carbocycles. The van der Waals surface area contributed by atoms with Crippen molar-refractivity contribution in [2.75, 3.05) is 13.7 Å². The van der Waals surface area contributed by atoms with Gasteiger partial charge in [0.2, 0.25) is 0 Å². The van der Waals surface area contributed by atoms with Gasteiger partial charge < -0.3 is 9.47 Å². The zero-order chi connectivity index (χ0) is 18.2. The van der Waals surface area contributed by atoms with Crippen molar-refractivity contribution in [3.05, 3.63) is 29.8 Å². The van der Waals surface area contributed by atoms with Crippen LogP contribution in [-0.2, 0) is 20.7 Å². The van der Waals surface area contributed by atoms with Crippen LogP contribution in [-0.4, -0.2) is 25.5 Å². The van der Waals surface area contributed by atoms with Crippen molar-refractivity contribution in [1.82, 2.24) is 0 Å². The third-order valence-corrected chi connectivity index (χ3v) is 4.80. The molecular weight excluding hydrogens is 318 g/mol. The molecule has 0 radical (unpaired) electrons. The first-order chi connectivity index (χ1) is 12.1. The molecule has 5 heteroatoms. The quantitative estimate of drug-likeness (QED) is 0.710. The molecule has 0 amide bonds. The number of carbonyl (C=O) groups excluding carboxylic acids is 2. The van der Waals surface area contributed by atoms with Crippen LogP contribution in [0.4, 0.5) is 0 Å². The fraction of sp³-hybridized carbons (Fsp3) is 0.550. The van der Waals surface area contributed by atoms with Crippen molar-refractivity contribution in [2.24, 2.45) is 17.8 Å². The molecule has 1 aromatic carbocycles. The Balaban J connectivity index is 1.96. The second-order valence-electron chi connectivity index (χ2n) is 6.53. The molecule has 1 aliphatic rings. The number of rotatable bonds is 7. The largest absolute Gasteiger partial charge is 0.497 e. The number of hydrogen-bond acceptors (Lipinski definition) is 5. The SMILES string of the molecule is CCOC(=O)C(C#N)CC1CC(Cc2ccc(OC)cc2)CCC1=O. The van der Waals surface area contributed by atoms with Gasteiger partial charge in [-0.2, -0.15) is 5.26 Å². The predicted molar refractivity (Wildman–Crippen MR) is 92.9 cm³/mol. The highest BCUT2D eigenvalue weighted by Crippen LogP contribution is 2.33. The summed E-state index contributed by atoms with van der Waals surface area (Å²) in [6, 6.07) is 9.95. The highest BCUT2D eigenvalue weighted by Gasteiger charge is 2.33. The van der Waals surface area contributed by atoms with E-state index in [4.69, 9.17) is 9.47 Å². The lowest BCUT2D eigenvalue weighted by molar-refractivity contribution is -0.146. The Kier molecular flexibility index (Phi) is 7.00. The van der Waals surface area contributed by atoms with Gasteiger partial charge in [-0.1, -0.05) is 12.1 Å². The predicted octanol–water partition coefficient (Wildman–Crippen LogP) is 3.32. The maximum atomic E-state index is 12.2. The lowest BCUT2D eigenvalue weighted by atomic mass is 9.75. The number of carbonyl (C=O) groups is 2. The zero-order valence-electron chi connectivity index (χ0n) is 14.9. The van der Waals surface area contributed by atoms with Crippen molar-refractivity contribution in [2.45, 2.75) is 39.0 Å². The smallest absolute Gasteiger partial charge is 0.323 e. The summed E-state index contributed by atoms with van der Waals surface area (Å²) in [5.41, 5.74) is 1.21. The van der Waals surface area contributed by atoms with Crippen LogP contribution in [0.15, 0.2) is 24.3 Å². The summed E-state index contributed by atoms with van der Waals surface area (Å²) in [5, 5.41) is 9.22. The summed E-state index contributed by atoms with van der Waals surface area (Å²) in [4.78, 5) is 24.0. The first-order valence-electron chi connectivity index (χ1n) is 8.79. The van der Waals surface area contributed by atoms with Crippen molar-refractivity contribution >= 4 is 11.8 Å². The lowest BCUT2D eigenvalue weighted by Gasteiger charge is -2.29. The second-order valence-corrected chi connectivity index (χ2v) is 6.53. The van der Waals surface area contributed by atoms with E-state index in [1.165, 1.54) is 5.56 Å². The van der Waals surface area contributed by atoms with E-state index in [0.29, 0.717) is 12.3 Å². The molecule has 134 valence electrons. The summed E-state index contributed by atoms with van der Waals surface area (Å²) in [5.74, 6) is -0.227. The van der Waals surface area contributed by atoms with Crippen LogP contribution < -0.4 is 4.74 Å². The summed E-state index contributed by atoms with van der Waals surface area (Å²) >= 11 is 0. The molecule has 1 saturated carbocycles. The number of Topliss-reactive ketones (excluding diaryl/α,β-unsaturated/α-hetero) is 1. The minimum absolute atomic E-state index is 0.163. The van der Waals surface area contributed by atoms with Crippen LogP contribution in [0.5, 0.6) is 5.75 Å². The van der Waals surface area contributed by atoms with Gasteiger partial charge in [-0.3, -0.25) is 9.59 Å². The van der Waals surface area contributed by atoms with Crippen molar-refractivity contribution in [1.29, 1.82) is 5.26 Å². The Hall–Kier alpha value is -2.35. The van der Waals surface area contributed by atoms with Crippen LogP contribution >= 0.6 is 0 Å². The Morgan fingerprint density at radius 2 is 2.08 bits per heavy atom. The standard InChI is InChI=1S/C20H25NO4/c1-3-25-20(23)17(13-21)12-16-11-15(6-9-19(16)22)10-14-4-7-18(24-2)8-5-14/h4-5,7-8,15-17H,3,6,9-12H2,1-2H3. The number of methoxy groups -OCH3 is 1. The molecule has 1 fully saturated rings. The highest BCUT2D eigenvalue weighted by atomic mass is 16.5. The van der Waals surface area contributed by atoms with Gasteiger partial charge in [0.1, 0.15) is 17.5 Å². The van der Waals surface area contributed by atoms with Crippen LogP contribution in [0.1, 0.15) is 38.2 Å². The first-order valence-corrected chi connectivity index (χ1v) is 8.79. The summed E-state index contributed by atoms with van der Waals surface area (Å²) < 4.78 is 10.1. The number of nitrogens with zero attached hydrogens (tertiary/aromatic N) is 1. The Labute approximate surface area is 148 Å². The molecule has 3 atom stereocenters. The molecule has 0 heterocycles. The van der Waals surface area contributed by atoms with Gasteiger partial charge in [0.05, 0.1) is 19.8 Å². The van der Waals surface area contributed by atoms with E-state index >= 15 is 0 Å². The molecule has 0 aromatic heterocycles. The molecule has 0 bridgehead atoms. The minimum atomic E-state index is -0.853. The zero-order valence-corrected chi connectivity index (χ0v) is 14.9. The maximum absolute atomic E-state index is 12.2. The third kappa shape index (κ3) is 5.32. The van der Waals surface area contributed by atoms with Gasteiger partial charge in [-0.15, -0.1) is 0 Å². The van der Waals surface area contributed by atoms with Crippen LogP contribution in [0, 0.1) is 29.1 Å². The number of esters is 1. The van der Waals surface area contributed by atoms with Gasteiger partial charge in [0.25, 0.3) is 0 Å². The molecule has 2 rings (SSSR count). The monoisotopic (exact) mass is 343 g/mol. The van der Waals surface area contributed by atoms with Gasteiger partial charge >= 0.3 is 5.97 Å². The Morgan fingerprint density at radius 3 is 2.68 bits per heavy atom. The molecule has 1 aromatic rings. The van der Waals surface area contributed by atoms with Gasteiger partial charge in [0.15, 0.2) is 0 Å². The summed E-state index contributed by atoms with van der Waals surface area (Å²) in [6.07, 6.45) is 3.27. The molecule has 0 saturated heterocycles. The molecule has 3 unspecified atom stereocenters. The average molecular weight is 343 g/mol. The lowest BCUT2D eigenvalue weighted by Crippen LogP contribution is -2.30. The van der Waals surface area contributed by atoms with Crippen LogP contribution in [0.25, 0.3) is 0 Å². The second kappa shape index (κ2) is 9.22. The van der Waals surface area contributed by atoms with Gasteiger partial charge in [-0.05, 0) is 56.2 Å². The molecule has 0 aliphatic heterocycles. The summed E-state index contributed by atoms with van der Waals surface area (Å²) in [7, 11) is 1.64. The van der Waals surface area contributed by atoms with Gasteiger partial charge in [-0.25, -0.2) is 0 Å². The fourth-order valence-corrected chi connectivity index (χ4v) is 3.44. The van der Waals surface area contributed by atoms with E-state index in [0.717, 1.165) is 25.0 Å². The topological polar surface area (TPSA) is 76.4 Å². The summed E-state index contributed by atoms with van der Waals surface area (Å²) in [6.45, 7) is 1.96. The van der Waals surface area contributed by atoms with E-state index in [-0.39, 0.29) is 24.7 Å². The number of ether oxygens (including phenoxy) is 2. The van der Waals surface area contributed by atoms with Gasteiger partial charge in [0, 0.05) is 12.3 Å². The molecule has 25 heavy (non-hydrogen) atoms. The first kappa shape index (κ1) is 19.0. The van der Waals surface area contributed by atoms with Crippen molar-refractivity contribution in [3.63, 3.8) is 0 Å². The van der Waals surface area contributed by atoms with E-state index in [1.807, 2.05) is 30.3 Å². The Bertz CT molecular complexity index is 632. The number of hydrogen-bond donors (Lipinski definition) is 0. The number of nitriles is 1. The number of ketones is 1. The third-order valence-electron chi connectivity index (χ3n) is 4.80. The minimum Gasteiger partial charge on any atom is -0.497 e. The van der Waals surface area contributed by atoms with E-state index in [2.05, 4.69) is 0 Å². The van der Waals surface area contributed by atoms with E-state index in [9.17, 15) is 14.9 Å². The van der Waals surface area contributed by atoms with Crippen molar-refractivity contribution in [3.8, 4) is 11.8 Å². The van der Waals surface area contributed by atoms with Crippen molar-refractivity contribution < 1.29 is 19.1 Å².